The molecule has 0 fully saturated rings. The highest BCUT2D eigenvalue weighted by molar-refractivity contribution is 7.16. The number of amides is 1. The van der Waals surface area contributed by atoms with Crippen LogP contribution >= 0.6 is 22.9 Å². The highest BCUT2D eigenvalue weighted by Crippen LogP contribution is 2.27. The maximum Gasteiger partial charge on any atom is 0.324 e. The standard InChI is InChI=1S/C13H8ClN3O5S/c14-10-7-8(16(19)20)1-4-11(10)15-12(18)5-2-9-3-6-13(23-9)17(21)22/h1-7H,(H,15,18)/b5-2+. The van der Waals surface area contributed by atoms with Crippen molar-refractivity contribution in [1.29, 1.82) is 0 Å². The topological polar surface area (TPSA) is 115 Å². The number of nitro groups is 2. The van der Waals surface area contributed by atoms with Crippen molar-refractivity contribution in [3.8, 4) is 0 Å². The Labute approximate surface area is 138 Å². The van der Waals surface area contributed by atoms with Crippen molar-refractivity contribution >= 4 is 51.3 Å². The van der Waals surface area contributed by atoms with E-state index >= 15 is 0 Å². The number of nitrogens with one attached hydrogen (secondary N) is 1. The summed E-state index contributed by atoms with van der Waals surface area (Å²) in [5.74, 6) is -0.517. The molecule has 10 heteroatoms. The fourth-order valence-electron chi connectivity index (χ4n) is 1.58. The molecule has 0 saturated carbocycles. The zero-order chi connectivity index (χ0) is 17.0. The van der Waals surface area contributed by atoms with Crippen LogP contribution in [-0.4, -0.2) is 15.8 Å². The fraction of sp³-hybridized carbons (Fsp3) is 0. The van der Waals surface area contributed by atoms with E-state index < -0.39 is 15.8 Å². The first-order chi connectivity index (χ1) is 10.9. The maximum absolute atomic E-state index is 11.8. The van der Waals surface area contributed by atoms with E-state index in [2.05, 4.69) is 5.32 Å². The molecule has 0 spiro atoms. The molecular formula is C13H8ClN3O5S. The summed E-state index contributed by atoms with van der Waals surface area (Å²) in [4.78, 5) is 32.4. The van der Waals surface area contributed by atoms with Crippen LogP contribution in [0.5, 0.6) is 0 Å². The van der Waals surface area contributed by atoms with E-state index in [-0.39, 0.29) is 21.4 Å². The second-order valence-corrected chi connectivity index (χ2v) is 5.68. The molecule has 0 bridgehead atoms. The first-order valence-corrected chi connectivity index (χ1v) is 7.23. The number of carbonyl (C=O) groups is 1. The highest BCUT2D eigenvalue weighted by atomic mass is 35.5. The SMILES string of the molecule is O=C(/C=C/c1ccc([N+](=O)[O-])s1)Nc1ccc([N+](=O)[O-])cc1Cl. The van der Waals surface area contributed by atoms with Gasteiger partial charge in [-0.2, -0.15) is 0 Å². The number of rotatable bonds is 5. The maximum atomic E-state index is 11.8. The predicted molar refractivity (Wildman–Crippen MR) is 86.7 cm³/mol. The molecule has 0 aliphatic rings. The minimum atomic E-state index is -0.596. The van der Waals surface area contributed by atoms with Gasteiger partial charge in [0.05, 0.1) is 20.6 Å². The molecule has 118 valence electrons. The van der Waals surface area contributed by atoms with Crippen LogP contribution in [0.1, 0.15) is 4.88 Å². The van der Waals surface area contributed by atoms with E-state index in [1.807, 2.05) is 0 Å². The largest absolute Gasteiger partial charge is 0.324 e. The van der Waals surface area contributed by atoms with Crippen molar-refractivity contribution in [1.82, 2.24) is 0 Å². The van der Waals surface area contributed by atoms with Gasteiger partial charge in [-0.1, -0.05) is 22.9 Å². The number of anilines is 1. The number of hydrogen-bond acceptors (Lipinski definition) is 6. The summed E-state index contributed by atoms with van der Waals surface area (Å²) in [6.07, 6.45) is 2.61. The van der Waals surface area contributed by atoms with Gasteiger partial charge < -0.3 is 5.32 Å². The molecule has 8 nitrogen and oxygen atoms in total. The first kappa shape index (κ1) is 16.6. The van der Waals surface area contributed by atoms with Crippen molar-refractivity contribution < 1.29 is 14.6 Å². The van der Waals surface area contributed by atoms with Gasteiger partial charge in [0.2, 0.25) is 5.91 Å². The zero-order valence-electron chi connectivity index (χ0n) is 11.3. The van der Waals surface area contributed by atoms with Crippen LogP contribution in [0.4, 0.5) is 16.4 Å². The van der Waals surface area contributed by atoms with Gasteiger partial charge in [0, 0.05) is 29.2 Å². The van der Waals surface area contributed by atoms with Crippen LogP contribution in [0.25, 0.3) is 6.08 Å². The summed E-state index contributed by atoms with van der Waals surface area (Å²) in [7, 11) is 0. The second-order valence-electron chi connectivity index (χ2n) is 4.18. The lowest BCUT2D eigenvalue weighted by Gasteiger charge is -2.04. The molecule has 2 aromatic rings. The van der Waals surface area contributed by atoms with E-state index in [1.165, 1.54) is 36.4 Å². The Kier molecular flexibility index (Phi) is 5.04. The number of nitro benzene ring substituents is 1. The van der Waals surface area contributed by atoms with Crippen LogP contribution in [-0.2, 0) is 4.79 Å². The van der Waals surface area contributed by atoms with Gasteiger partial charge in [-0.3, -0.25) is 25.0 Å². The van der Waals surface area contributed by atoms with Crippen LogP contribution in [0, 0.1) is 20.2 Å². The molecule has 1 aromatic heterocycles. The van der Waals surface area contributed by atoms with Crippen LogP contribution in [0.15, 0.2) is 36.4 Å². The number of hydrogen-bond donors (Lipinski definition) is 1. The first-order valence-electron chi connectivity index (χ1n) is 6.04. The minimum Gasteiger partial charge on any atom is -0.321 e. The van der Waals surface area contributed by atoms with Crippen LogP contribution < -0.4 is 5.32 Å². The predicted octanol–water partition coefficient (Wildman–Crippen LogP) is 3.87. The van der Waals surface area contributed by atoms with Gasteiger partial charge >= 0.3 is 5.00 Å². The van der Waals surface area contributed by atoms with Crippen molar-refractivity contribution in [3.05, 3.63) is 66.5 Å². The number of nitrogens with zero attached hydrogens (tertiary/aromatic N) is 2. The quantitative estimate of drug-likeness (QED) is 0.497. The summed E-state index contributed by atoms with van der Waals surface area (Å²) in [5, 5.41) is 23.6. The molecule has 0 aliphatic heterocycles. The third kappa shape index (κ3) is 4.34. The van der Waals surface area contributed by atoms with E-state index in [1.54, 1.807) is 0 Å². The Bertz CT molecular complexity index is 818. The van der Waals surface area contributed by atoms with Gasteiger partial charge in [0.25, 0.3) is 5.69 Å². The lowest BCUT2D eigenvalue weighted by atomic mass is 10.2. The van der Waals surface area contributed by atoms with Crippen LogP contribution in [0.3, 0.4) is 0 Å². The van der Waals surface area contributed by atoms with Crippen LogP contribution in [0.2, 0.25) is 5.02 Å². The summed E-state index contributed by atoms with van der Waals surface area (Å²) < 4.78 is 0. The smallest absolute Gasteiger partial charge is 0.321 e. The Morgan fingerprint density at radius 3 is 2.48 bits per heavy atom. The van der Waals surface area contributed by atoms with E-state index in [4.69, 9.17) is 11.6 Å². The molecule has 0 saturated heterocycles. The number of carbonyl (C=O) groups excluding carboxylic acids is 1. The molecule has 0 atom stereocenters. The summed E-state index contributed by atoms with van der Waals surface area (Å²) in [5.41, 5.74) is 0.0403. The lowest BCUT2D eigenvalue weighted by Crippen LogP contribution is -2.08. The van der Waals surface area contributed by atoms with Gasteiger partial charge in [0.1, 0.15) is 0 Å². The number of halogens is 1. The van der Waals surface area contributed by atoms with Gasteiger partial charge in [-0.05, 0) is 18.2 Å². The van der Waals surface area contributed by atoms with E-state index in [9.17, 15) is 25.0 Å². The Balaban J connectivity index is 2.05. The van der Waals surface area contributed by atoms with E-state index in [0.29, 0.717) is 4.88 Å². The summed E-state index contributed by atoms with van der Waals surface area (Å²) in [6.45, 7) is 0. The molecule has 1 amide bonds. The Morgan fingerprint density at radius 2 is 1.91 bits per heavy atom. The van der Waals surface area contributed by atoms with Crippen molar-refractivity contribution in [2.24, 2.45) is 0 Å². The average Bonchev–Trinajstić information content (AvgIpc) is 2.96. The van der Waals surface area contributed by atoms with Gasteiger partial charge in [-0.25, -0.2) is 0 Å². The minimum absolute atomic E-state index is 0.0246. The van der Waals surface area contributed by atoms with Crippen molar-refractivity contribution in [3.63, 3.8) is 0 Å². The van der Waals surface area contributed by atoms with Crippen molar-refractivity contribution in [2.45, 2.75) is 0 Å². The summed E-state index contributed by atoms with van der Waals surface area (Å²) >= 11 is 6.79. The summed E-state index contributed by atoms with van der Waals surface area (Å²) in [6, 6.07) is 6.53. The zero-order valence-corrected chi connectivity index (χ0v) is 12.8. The molecule has 0 unspecified atom stereocenters. The molecular weight excluding hydrogens is 346 g/mol. The normalized spacial score (nSPS) is 10.7. The van der Waals surface area contributed by atoms with Gasteiger partial charge in [-0.15, -0.1) is 0 Å². The second kappa shape index (κ2) is 6.99. The molecule has 2 rings (SSSR count). The molecule has 1 aromatic carbocycles. The average molecular weight is 354 g/mol. The molecule has 23 heavy (non-hydrogen) atoms. The number of benzene rings is 1. The molecule has 1 N–H and O–H groups in total. The molecule has 0 radical (unpaired) electrons. The molecule has 1 heterocycles. The lowest BCUT2D eigenvalue weighted by molar-refractivity contribution is -0.384. The number of thiophene rings is 1. The Morgan fingerprint density at radius 1 is 1.17 bits per heavy atom. The molecule has 0 aliphatic carbocycles. The monoisotopic (exact) mass is 353 g/mol. The highest BCUT2D eigenvalue weighted by Gasteiger charge is 2.11. The van der Waals surface area contributed by atoms with Crippen molar-refractivity contribution in [2.75, 3.05) is 5.32 Å². The third-order valence-corrected chi connectivity index (χ3v) is 3.93. The van der Waals surface area contributed by atoms with E-state index in [0.717, 1.165) is 17.4 Å². The Hall–Kier alpha value is -2.78. The fourth-order valence-corrected chi connectivity index (χ4v) is 2.53. The number of non-ortho nitro benzene ring substituents is 1. The van der Waals surface area contributed by atoms with Gasteiger partial charge in [0.15, 0.2) is 0 Å². The third-order valence-electron chi connectivity index (χ3n) is 2.61.